The fourth-order valence-electron chi connectivity index (χ4n) is 2.98. The van der Waals surface area contributed by atoms with Gasteiger partial charge in [-0.05, 0) is 43.7 Å². The Labute approximate surface area is 183 Å². The summed E-state index contributed by atoms with van der Waals surface area (Å²) in [5.41, 5.74) is 1.72. The molecule has 0 aliphatic heterocycles. The molecular formula is C22H29N3O5S. The number of nitrogens with one attached hydrogen (secondary N) is 1. The van der Waals surface area contributed by atoms with Gasteiger partial charge in [0.05, 0.1) is 18.6 Å². The Balaban J connectivity index is 2.24. The third-order valence-electron chi connectivity index (χ3n) is 5.01. The van der Waals surface area contributed by atoms with E-state index in [1.807, 2.05) is 6.92 Å². The SMILES string of the molecule is CNC(=O)C(C)N(Cc1ccc(OC)cc1)C(=O)CN(C)S(=O)(=O)c1ccc(C)cc1. The van der Waals surface area contributed by atoms with Gasteiger partial charge in [0.15, 0.2) is 0 Å². The second-order valence-corrected chi connectivity index (χ2v) is 9.28. The van der Waals surface area contributed by atoms with Crippen LogP contribution in [0.15, 0.2) is 53.4 Å². The number of likely N-dealkylation sites (N-methyl/N-ethyl adjacent to an activating group) is 2. The summed E-state index contributed by atoms with van der Waals surface area (Å²) >= 11 is 0. The molecule has 0 aromatic heterocycles. The highest BCUT2D eigenvalue weighted by molar-refractivity contribution is 7.89. The summed E-state index contributed by atoms with van der Waals surface area (Å²) in [6.45, 7) is 3.22. The number of ether oxygens (including phenoxy) is 1. The zero-order valence-corrected chi connectivity index (χ0v) is 19.3. The number of aryl methyl sites for hydroxylation is 1. The van der Waals surface area contributed by atoms with E-state index in [1.54, 1.807) is 50.4 Å². The summed E-state index contributed by atoms with van der Waals surface area (Å²) in [7, 11) is 0.549. The minimum Gasteiger partial charge on any atom is -0.497 e. The summed E-state index contributed by atoms with van der Waals surface area (Å²) in [4.78, 5) is 26.8. The first-order chi connectivity index (χ1) is 14.6. The van der Waals surface area contributed by atoms with E-state index in [0.29, 0.717) is 5.75 Å². The number of carbonyl (C=O) groups is 2. The molecule has 168 valence electrons. The van der Waals surface area contributed by atoms with Gasteiger partial charge in [-0.15, -0.1) is 0 Å². The lowest BCUT2D eigenvalue weighted by Crippen LogP contribution is -2.50. The van der Waals surface area contributed by atoms with Gasteiger partial charge in [-0.25, -0.2) is 8.42 Å². The molecule has 0 fully saturated rings. The molecule has 2 aromatic rings. The predicted octanol–water partition coefficient (Wildman–Crippen LogP) is 1.79. The van der Waals surface area contributed by atoms with Crippen LogP contribution >= 0.6 is 0 Å². The molecule has 1 unspecified atom stereocenters. The van der Waals surface area contributed by atoms with Crippen LogP contribution in [0.3, 0.4) is 0 Å². The monoisotopic (exact) mass is 447 g/mol. The number of nitrogens with zero attached hydrogens (tertiary/aromatic N) is 2. The van der Waals surface area contributed by atoms with Gasteiger partial charge < -0.3 is 15.0 Å². The molecule has 2 rings (SSSR count). The minimum atomic E-state index is -3.85. The van der Waals surface area contributed by atoms with Gasteiger partial charge in [0.1, 0.15) is 11.8 Å². The van der Waals surface area contributed by atoms with Gasteiger partial charge >= 0.3 is 0 Å². The number of carbonyl (C=O) groups excluding carboxylic acids is 2. The molecule has 31 heavy (non-hydrogen) atoms. The van der Waals surface area contributed by atoms with Crippen molar-refractivity contribution in [2.24, 2.45) is 0 Å². The Kier molecular flexibility index (Phi) is 8.18. The van der Waals surface area contributed by atoms with E-state index in [1.165, 1.54) is 31.1 Å². The maximum atomic E-state index is 13.1. The lowest BCUT2D eigenvalue weighted by molar-refractivity contribution is -0.140. The number of methoxy groups -OCH3 is 1. The van der Waals surface area contributed by atoms with Crippen molar-refractivity contribution < 1.29 is 22.7 Å². The lowest BCUT2D eigenvalue weighted by atomic mass is 10.1. The third kappa shape index (κ3) is 6.05. The van der Waals surface area contributed by atoms with Crippen LogP contribution in [0.5, 0.6) is 5.75 Å². The number of sulfonamides is 1. The first kappa shape index (κ1) is 24.4. The van der Waals surface area contributed by atoms with Crippen molar-refractivity contribution in [1.82, 2.24) is 14.5 Å². The summed E-state index contributed by atoms with van der Waals surface area (Å²) in [5.74, 6) is -0.152. The van der Waals surface area contributed by atoms with Gasteiger partial charge in [-0.1, -0.05) is 29.8 Å². The summed E-state index contributed by atoms with van der Waals surface area (Å²) in [6, 6.07) is 12.7. The van der Waals surface area contributed by atoms with Crippen molar-refractivity contribution >= 4 is 21.8 Å². The highest BCUT2D eigenvalue weighted by Gasteiger charge is 2.29. The molecule has 0 bridgehead atoms. The topological polar surface area (TPSA) is 96.0 Å². The smallest absolute Gasteiger partial charge is 0.243 e. The van der Waals surface area contributed by atoms with Crippen molar-refractivity contribution in [3.63, 3.8) is 0 Å². The average Bonchev–Trinajstić information content (AvgIpc) is 2.76. The highest BCUT2D eigenvalue weighted by Crippen LogP contribution is 2.18. The average molecular weight is 448 g/mol. The second-order valence-electron chi connectivity index (χ2n) is 7.23. The number of hydrogen-bond acceptors (Lipinski definition) is 5. The Morgan fingerprint density at radius 2 is 1.65 bits per heavy atom. The maximum absolute atomic E-state index is 13.1. The van der Waals surface area contributed by atoms with Gasteiger partial charge in [0.25, 0.3) is 0 Å². The predicted molar refractivity (Wildman–Crippen MR) is 118 cm³/mol. The molecule has 0 radical (unpaired) electrons. The third-order valence-corrected chi connectivity index (χ3v) is 6.83. The van der Waals surface area contributed by atoms with E-state index in [-0.39, 0.29) is 17.3 Å². The lowest BCUT2D eigenvalue weighted by Gasteiger charge is -2.30. The van der Waals surface area contributed by atoms with E-state index < -0.39 is 28.5 Å². The Bertz CT molecular complexity index is 1000. The van der Waals surface area contributed by atoms with Crippen LogP contribution in [0.1, 0.15) is 18.1 Å². The first-order valence-corrected chi connectivity index (χ1v) is 11.2. The molecule has 1 atom stereocenters. The zero-order chi connectivity index (χ0) is 23.2. The Morgan fingerprint density at radius 3 is 2.16 bits per heavy atom. The fraction of sp³-hybridized carbons (Fsp3) is 0.364. The van der Waals surface area contributed by atoms with Crippen LogP contribution in [0.4, 0.5) is 0 Å². The number of amides is 2. The fourth-order valence-corrected chi connectivity index (χ4v) is 4.10. The van der Waals surface area contributed by atoms with Crippen LogP contribution in [-0.2, 0) is 26.2 Å². The van der Waals surface area contributed by atoms with Gasteiger partial charge in [0, 0.05) is 20.6 Å². The summed E-state index contributed by atoms with van der Waals surface area (Å²) in [6.07, 6.45) is 0. The number of hydrogen-bond donors (Lipinski definition) is 1. The quantitative estimate of drug-likeness (QED) is 0.632. The van der Waals surface area contributed by atoms with Crippen LogP contribution in [0.25, 0.3) is 0 Å². The molecule has 0 aliphatic rings. The van der Waals surface area contributed by atoms with E-state index in [0.717, 1.165) is 15.4 Å². The van der Waals surface area contributed by atoms with E-state index in [2.05, 4.69) is 5.32 Å². The second kappa shape index (κ2) is 10.4. The van der Waals surface area contributed by atoms with E-state index in [4.69, 9.17) is 4.74 Å². The molecule has 1 N–H and O–H groups in total. The summed E-state index contributed by atoms with van der Waals surface area (Å²) < 4.78 is 31.8. The standard InChI is InChI=1S/C22H29N3O5S/c1-16-6-12-20(13-7-16)31(28,29)24(4)15-21(26)25(17(2)22(27)23-3)14-18-8-10-19(30-5)11-9-18/h6-13,17H,14-15H2,1-5H3,(H,23,27). The van der Waals surface area contributed by atoms with Crippen molar-refractivity contribution in [2.45, 2.75) is 31.3 Å². The van der Waals surface area contributed by atoms with Crippen LogP contribution in [0, 0.1) is 6.92 Å². The molecule has 2 amide bonds. The molecule has 9 heteroatoms. The molecule has 0 saturated carbocycles. The normalized spacial score (nSPS) is 12.3. The molecule has 0 heterocycles. The summed E-state index contributed by atoms with van der Waals surface area (Å²) in [5, 5.41) is 2.53. The van der Waals surface area contributed by atoms with Crippen molar-refractivity contribution in [3.05, 3.63) is 59.7 Å². The minimum absolute atomic E-state index is 0.106. The number of rotatable bonds is 9. The van der Waals surface area contributed by atoms with E-state index in [9.17, 15) is 18.0 Å². The van der Waals surface area contributed by atoms with Crippen molar-refractivity contribution in [3.8, 4) is 5.75 Å². The highest BCUT2D eigenvalue weighted by atomic mass is 32.2. The Hall–Kier alpha value is -2.91. The van der Waals surface area contributed by atoms with Gasteiger partial charge in [0.2, 0.25) is 21.8 Å². The zero-order valence-electron chi connectivity index (χ0n) is 18.5. The molecule has 8 nitrogen and oxygen atoms in total. The maximum Gasteiger partial charge on any atom is 0.243 e. The van der Waals surface area contributed by atoms with Crippen LogP contribution in [-0.4, -0.2) is 63.2 Å². The molecule has 0 saturated heterocycles. The van der Waals surface area contributed by atoms with E-state index >= 15 is 0 Å². The van der Waals surface area contributed by atoms with Crippen LogP contribution in [0.2, 0.25) is 0 Å². The first-order valence-electron chi connectivity index (χ1n) is 9.77. The van der Waals surface area contributed by atoms with Crippen molar-refractivity contribution in [1.29, 1.82) is 0 Å². The molecular weight excluding hydrogens is 418 g/mol. The van der Waals surface area contributed by atoms with Crippen molar-refractivity contribution in [2.75, 3.05) is 27.7 Å². The largest absolute Gasteiger partial charge is 0.497 e. The molecule has 0 spiro atoms. The number of benzene rings is 2. The molecule has 2 aromatic carbocycles. The molecule has 0 aliphatic carbocycles. The van der Waals surface area contributed by atoms with Gasteiger partial charge in [-0.3, -0.25) is 9.59 Å². The van der Waals surface area contributed by atoms with Crippen LogP contribution < -0.4 is 10.1 Å². The van der Waals surface area contributed by atoms with Gasteiger partial charge in [-0.2, -0.15) is 4.31 Å². The Morgan fingerprint density at radius 1 is 1.06 bits per heavy atom.